The number of carbonyl (C=O) groups is 3. The molecule has 2 aromatic carbocycles. The van der Waals surface area contributed by atoms with Gasteiger partial charge in [-0.05, 0) is 68.4 Å². The zero-order valence-electron chi connectivity index (χ0n) is 31.3. The molecule has 1 aliphatic rings. The van der Waals surface area contributed by atoms with Crippen LogP contribution in [0.25, 0.3) is 21.9 Å². The van der Waals surface area contributed by atoms with Gasteiger partial charge < -0.3 is 29.6 Å². The number of fused-ring (bicyclic) bond motifs is 2. The number of carboxylic acid groups (broad SMARTS) is 2. The summed E-state index contributed by atoms with van der Waals surface area (Å²) in [5, 5.41) is 21.5. The van der Waals surface area contributed by atoms with E-state index in [4.69, 9.17) is 16.7 Å². The van der Waals surface area contributed by atoms with Crippen LogP contribution in [0.5, 0.6) is 0 Å². The third-order valence-corrected chi connectivity index (χ3v) is 13.2. The Morgan fingerprint density at radius 1 is 0.847 bits per heavy atom. The number of sulfonamides is 1. The van der Waals surface area contributed by atoms with Crippen LogP contribution >= 0.6 is 22.9 Å². The van der Waals surface area contributed by atoms with Crippen LogP contribution in [0.4, 0.5) is 14.5 Å². The minimum absolute atomic E-state index is 0.0215. The van der Waals surface area contributed by atoms with Gasteiger partial charge in [0.25, 0.3) is 15.9 Å². The standard InChI is InChI=1S/C28H26ClFN4O6S2.C11H9FN2O3/c1-2-32-16-21(28(37)38)26(35)20-13-22(30)24(14-23(20)32)33-9-11-34(12-10-33)42(39,40)25-8-7-19(41-25)15-31-27(36)17-3-5-18(29)6-4-17;1-2-14-5-8(11(16)17)9(15)7-3-6(12)4-13-10(7)14/h3-8,13-14,16H,2,9-12,15H2,1H3,(H,31,36)(H,37,38);3-5H,2H2,1H3,(H,16,17). The summed E-state index contributed by atoms with van der Waals surface area (Å²) in [5.74, 6) is -4.38. The molecule has 15 nitrogen and oxygen atoms in total. The maximum absolute atomic E-state index is 15.2. The highest BCUT2D eigenvalue weighted by Crippen LogP contribution is 2.30. The number of aryl methyl sites for hydroxylation is 2. The van der Waals surface area contributed by atoms with Gasteiger partial charge in [-0.15, -0.1) is 11.3 Å². The molecule has 0 bridgehead atoms. The van der Waals surface area contributed by atoms with E-state index in [9.17, 15) is 41.9 Å². The van der Waals surface area contributed by atoms with E-state index in [2.05, 4.69) is 10.3 Å². The first-order valence-corrected chi connectivity index (χ1v) is 20.6. The molecule has 59 heavy (non-hydrogen) atoms. The molecule has 4 aromatic heterocycles. The summed E-state index contributed by atoms with van der Waals surface area (Å²) in [4.78, 5) is 65.4. The van der Waals surface area contributed by atoms with Gasteiger partial charge in [-0.2, -0.15) is 4.31 Å². The number of aromatic nitrogens is 3. The first kappa shape index (κ1) is 42.6. The maximum Gasteiger partial charge on any atom is 0.341 e. The molecule has 1 amide bonds. The molecule has 1 aliphatic heterocycles. The average molecular weight is 869 g/mol. The van der Waals surface area contributed by atoms with E-state index < -0.39 is 50.0 Å². The smallest absolute Gasteiger partial charge is 0.341 e. The second-order valence-electron chi connectivity index (χ2n) is 13.1. The van der Waals surface area contributed by atoms with Crippen molar-refractivity contribution in [1.29, 1.82) is 0 Å². The van der Waals surface area contributed by atoms with Gasteiger partial charge in [0.2, 0.25) is 10.9 Å². The Hall–Kier alpha value is -6.02. The van der Waals surface area contributed by atoms with Crippen LogP contribution in [0, 0.1) is 11.6 Å². The number of piperazine rings is 1. The number of hydrogen-bond donors (Lipinski definition) is 3. The van der Waals surface area contributed by atoms with Crippen molar-refractivity contribution in [2.75, 3.05) is 31.1 Å². The van der Waals surface area contributed by atoms with Gasteiger partial charge in [-0.1, -0.05) is 11.6 Å². The highest BCUT2D eigenvalue weighted by atomic mass is 35.5. The summed E-state index contributed by atoms with van der Waals surface area (Å²) >= 11 is 6.93. The van der Waals surface area contributed by atoms with E-state index in [0.717, 1.165) is 29.7 Å². The highest BCUT2D eigenvalue weighted by Gasteiger charge is 2.31. The summed E-state index contributed by atoms with van der Waals surface area (Å²) < 4.78 is 59.5. The van der Waals surface area contributed by atoms with Crippen LogP contribution in [0.15, 0.2) is 87.0 Å². The summed E-state index contributed by atoms with van der Waals surface area (Å²) in [7, 11) is -3.81. The molecule has 1 fully saturated rings. The molecule has 6 aromatic rings. The summed E-state index contributed by atoms with van der Waals surface area (Å²) in [6.07, 6.45) is 3.46. The topological polar surface area (TPSA) is 201 Å². The van der Waals surface area contributed by atoms with Crippen LogP contribution in [0.2, 0.25) is 5.02 Å². The lowest BCUT2D eigenvalue weighted by Crippen LogP contribution is -2.48. The fraction of sp³-hybridized carbons (Fsp3) is 0.231. The Bertz CT molecular complexity index is 2860. The second-order valence-corrected chi connectivity index (χ2v) is 16.8. The number of hydrogen-bond acceptors (Lipinski definition) is 10. The lowest BCUT2D eigenvalue weighted by Gasteiger charge is -2.35. The number of aromatic carboxylic acids is 2. The van der Waals surface area contributed by atoms with Crippen LogP contribution in [0.1, 0.15) is 49.8 Å². The monoisotopic (exact) mass is 868 g/mol. The van der Waals surface area contributed by atoms with Crippen LogP contribution in [-0.2, 0) is 29.7 Å². The van der Waals surface area contributed by atoms with Crippen LogP contribution in [0.3, 0.4) is 0 Å². The molecule has 1 saturated heterocycles. The highest BCUT2D eigenvalue weighted by molar-refractivity contribution is 7.91. The molecular formula is C39H35ClF2N6O9S2. The third kappa shape index (κ3) is 8.87. The molecule has 0 unspecified atom stereocenters. The average Bonchev–Trinajstić information content (AvgIpc) is 3.71. The molecule has 20 heteroatoms. The lowest BCUT2D eigenvalue weighted by molar-refractivity contribution is 0.0684. The Balaban J connectivity index is 0.000000287. The normalized spacial score (nSPS) is 13.3. The third-order valence-electron chi connectivity index (χ3n) is 9.51. The molecule has 0 saturated carbocycles. The molecule has 7 rings (SSSR count). The Kier molecular flexibility index (Phi) is 12.6. The number of anilines is 1. The first-order chi connectivity index (χ1) is 28.0. The number of pyridine rings is 3. The van der Waals surface area contributed by atoms with Gasteiger partial charge in [-0.3, -0.25) is 14.4 Å². The number of carboxylic acids is 2. The first-order valence-electron chi connectivity index (χ1n) is 17.9. The van der Waals surface area contributed by atoms with Crippen molar-refractivity contribution in [3.8, 4) is 0 Å². The molecule has 5 heterocycles. The summed E-state index contributed by atoms with van der Waals surface area (Å²) in [6, 6.07) is 13.2. The SMILES string of the molecule is CCn1cc(C(=O)O)c(=O)c2cc(F)c(N3CCN(S(=O)(=O)c4ccc(CNC(=O)c5ccc(Cl)cc5)s4)CC3)cc21.CCn1cc(C(=O)O)c(=O)c2cc(F)cnc21. The molecule has 0 atom stereocenters. The van der Waals surface area contributed by atoms with Gasteiger partial charge in [0.05, 0.1) is 29.3 Å². The minimum Gasteiger partial charge on any atom is -0.477 e. The predicted octanol–water partition coefficient (Wildman–Crippen LogP) is 5.27. The fourth-order valence-electron chi connectivity index (χ4n) is 6.46. The molecule has 3 N–H and O–H groups in total. The Morgan fingerprint density at radius 3 is 2.07 bits per heavy atom. The van der Waals surface area contributed by atoms with E-state index in [1.807, 2.05) is 0 Å². The number of benzene rings is 2. The molecule has 0 spiro atoms. The number of nitrogens with one attached hydrogen (secondary N) is 1. The molecular weight excluding hydrogens is 834 g/mol. The van der Waals surface area contributed by atoms with E-state index in [1.165, 1.54) is 33.4 Å². The number of carbonyl (C=O) groups excluding carboxylic acids is 1. The van der Waals surface area contributed by atoms with Gasteiger partial charge >= 0.3 is 11.9 Å². The van der Waals surface area contributed by atoms with E-state index in [-0.39, 0.29) is 70.5 Å². The van der Waals surface area contributed by atoms with E-state index in [1.54, 1.807) is 53.6 Å². The number of nitrogens with zero attached hydrogens (tertiary/aromatic N) is 5. The van der Waals surface area contributed by atoms with Crippen molar-refractivity contribution >= 4 is 78.4 Å². The van der Waals surface area contributed by atoms with Crippen molar-refractivity contribution in [3.05, 3.63) is 132 Å². The van der Waals surface area contributed by atoms with Crippen LogP contribution < -0.4 is 21.1 Å². The van der Waals surface area contributed by atoms with Gasteiger partial charge in [0, 0.05) is 72.5 Å². The minimum atomic E-state index is -3.81. The number of rotatable bonds is 10. The maximum atomic E-state index is 15.2. The van der Waals surface area contributed by atoms with Gasteiger partial charge in [0.1, 0.15) is 32.6 Å². The van der Waals surface area contributed by atoms with Crippen molar-refractivity contribution < 1.29 is 41.8 Å². The largest absolute Gasteiger partial charge is 0.477 e. The molecule has 308 valence electrons. The van der Waals surface area contributed by atoms with Crippen LogP contribution in [-0.4, -0.2) is 81.1 Å². The number of amides is 1. The van der Waals surface area contributed by atoms with Crippen molar-refractivity contribution in [1.82, 2.24) is 23.7 Å². The quantitative estimate of drug-likeness (QED) is 0.162. The van der Waals surface area contributed by atoms with Crippen molar-refractivity contribution in [2.24, 2.45) is 0 Å². The van der Waals surface area contributed by atoms with E-state index in [0.29, 0.717) is 34.1 Å². The van der Waals surface area contributed by atoms with Gasteiger partial charge in [0.15, 0.2) is 0 Å². The Morgan fingerprint density at radius 2 is 1.46 bits per heavy atom. The van der Waals surface area contributed by atoms with Crippen molar-refractivity contribution in [2.45, 2.75) is 37.7 Å². The predicted molar refractivity (Wildman–Crippen MR) is 217 cm³/mol. The number of thiophene rings is 1. The fourth-order valence-corrected chi connectivity index (χ4v) is 9.45. The molecule has 0 radical (unpaired) electrons. The van der Waals surface area contributed by atoms with Gasteiger partial charge in [-0.25, -0.2) is 31.8 Å². The second kappa shape index (κ2) is 17.5. The summed E-state index contributed by atoms with van der Waals surface area (Å²) in [6.45, 7) is 5.16. The zero-order valence-corrected chi connectivity index (χ0v) is 33.7. The zero-order chi connectivity index (χ0) is 42.8. The summed E-state index contributed by atoms with van der Waals surface area (Å²) in [5.41, 5.74) is -0.973. The number of halogens is 3. The van der Waals surface area contributed by atoms with E-state index >= 15 is 4.39 Å². The van der Waals surface area contributed by atoms with Crippen molar-refractivity contribution in [3.63, 3.8) is 0 Å². The Labute approximate surface area is 343 Å². The molecule has 0 aliphatic carbocycles. The lowest BCUT2D eigenvalue weighted by atomic mass is 10.1.